The number of halogens is 1. The molecule has 5 nitrogen and oxygen atoms in total. The van der Waals surface area contributed by atoms with Gasteiger partial charge in [-0.05, 0) is 24.1 Å². The highest BCUT2D eigenvalue weighted by molar-refractivity contribution is 9.10. The first-order chi connectivity index (χ1) is 7.97. The fourth-order valence-electron chi connectivity index (χ4n) is 1.40. The van der Waals surface area contributed by atoms with Crippen LogP contribution in [-0.4, -0.2) is 39.1 Å². The van der Waals surface area contributed by atoms with Crippen molar-refractivity contribution in [2.24, 2.45) is 0 Å². The molecule has 0 fully saturated rings. The number of aromatic carboxylic acids is 1. The van der Waals surface area contributed by atoms with Gasteiger partial charge < -0.3 is 20.4 Å². The lowest BCUT2D eigenvalue weighted by Gasteiger charge is -2.18. The van der Waals surface area contributed by atoms with Gasteiger partial charge in [-0.1, -0.05) is 22.0 Å². The fourth-order valence-corrected chi connectivity index (χ4v) is 2.01. The van der Waals surface area contributed by atoms with Gasteiger partial charge in [-0.15, -0.1) is 0 Å². The summed E-state index contributed by atoms with van der Waals surface area (Å²) in [6.07, 6.45) is -2.21. The molecule has 0 aromatic heterocycles. The maximum atomic E-state index is 10.7. The summed E-state index contributed by atoms with van der Waals surface area (Å²) in [5.41, 5.74) is 0.473. The third-order valence-electron chi connectivity index (χ3n) is 2.36. The van der Waals surface area contributed by atoms with Crippen molar-refractivity contribution in [2.45, 2.75) is 18.6 Å². The topological polar surface area (TPSA) is 98.0 Å². The third kappa shape index (κ3) is 3.50. The van der Waals surface area contributed by atoms with Crippen LogP contribution >= 0.6 is 15.9 Å². The first kappa shape index (κ1) is 14.1. The number of carbonyl (C=O) groups is 1. The minimum Gasteiger partial charge on any atom is -0.478 e. The zero-order valence-corrected chi connectivity index (χ0v) is 10.5. The maximum absolute atomic E-state index is 10.7. The molecule has 2 atom stereocenters. The number of carboxylic acid groups (broad SMARTS) is 1. The number of benzene rings is 1. The number of aliphatic hydroxyl groups excluding tert-OH is 3. The van der Waals surface area contributed by atoms with Crippen molar-refractivity contribution in [3.8, 4) is 0 Å². The molecule has 94 valence electrons. The maximum Gasteiger partial charge on any atom is 0.335 e. The highest BCUT2D eigenvalue weighted by Gasteiger charge is 2.20. The first-order valence-corrected chi connectivity index (χ1v) is 5.76. The van der Waals surface area contributed by atoms with Crippen LogP contribution in [0.1, 0.15) is 28.4 Å². The summed E-state index contributed by atoms with van der Waals surface area (Å²) in [7, 11) is 0. The molecular weight excluding hydrogens is 292 g/mol. The van der Waals surface area contributed by atoms with Crippen molar-refractivity contribution in [1.82, 2.24) is 0 Å². The summed E-state index contributed by atoms with van der Waals surface area (Å²) in [4.78, 5) is 10.7. The third-order valence-corrected chi connectivity index (χ3v) is 3.04. The predicted octanol–water partition coefficient (Wildman–Crippen LogP) is 0.924. The SMILES string of the molecule is O=C(O)c1ccc(C(O)C(O)CCO)c(Br)c1. The standard InChI is InChI=1S/C11H13BrO5/c12-8-5-6(11(16)17)1-2-7(8)10(15)9(14)3-4-13/h1-2,5,9-10,13-15H,3-4H2,(H,16,17). The Labute approximate surface area is 106 Å². The molecule has 1 rings (SSSR count). The van der Waals surface area contributed by atoms with E-state index in [1.165, 1.54) is 18.2 Å². The lowest BCUT2D eigenvalue weighted by atomic mass is 10.0. The summed E-state index contributed by atoms with van der Waals surface area (Å²) >= 11 is 3.14. The Balaban J connectivity index is 2.95. The number of rotatable bonds is 5. The molecule has 0 saturated carbocycles. The van der Waals surface area contributed by atoms with Crippen molar-refractivity contribution in [3.05, 3.63) is 33.8 Å². The van der Waals surface area contributed by atoms with Gasteiger partial charge in [0.25, 0.3) is 0 Å². The molecule has 0 radical (unpaired) electrons. The van der Waals surface area contributed by atoms with Gasteiger partial charge in [-0.3, -0.25) is 0 Å². The Hall–Kier alpha value is -0.950. The van der Waals surface area contributed by atoms with Crippen LogP contribution in [0.5, 0.6) is 0 Å². The Morgan fingerprint density at radius 3 is 2.47 bits per heavy atom. The molecule has 0 aliphatic heterocycles. The van der Waals surface area contributed by atoms with E-state index in [0.717, 1.165) is 0 Å². The molecule has 0 heterocycles. The van der Waals surface area contributed by atoms with Crippen LogP contribution in [0.15, 0.2) is 22.7 Å². The zero-order valence-electron chi connectivity index (χ0n) is 8.88. The molecule has 1 aromatic carbocycles. The van der Waals surface area contributed by atoms with E-state index < -0.39 is 18.2 Å². The minimum absolute atomic E-state index is 0.0499. The summed E-state index contributed by atoms with van der Waals surface area (Å²) in [5.74, 6) is -1.07. The normalized spacial score (nSPS) is 14.4. The van der Waals surface area contributed by atoms with Crippen LogP contribution < -0.4 is 0 Å². The van der Waals surface area contributed by atoms with Gasteiger partial charge in [0, 0.05) is 11.1 Å². The largest absolute Gasteiger partial charge is 0.478 e. The van der Waals surface area contributed by atoms with Crippen LogP contribution in [0.25, 0.3) is 0 Å². The van der Waals surface area contributed by atoms with E-state index in [2.05, 4.69) is 15.9 Å². The van der Waals surface area contributed by atoms with E-state index >= 15 is 0 Å². The van der Waals surface area contributed by atoms with Crippen LogP contribution in [-0.2, 0) is 0 Å². The van der Waals surface area contributed by atoms with Crippen molar-refractivity contribution >= 4 is 21.9 Å². The van der Waals surface area contributed by atoms with Gasteiger partial charge in [0.15, 0.2) is 0 Å². The summed E-state index contributed by atoms with van der Waals surface area (Å²) in [6.45, 7) is -0.233. The van der Waals surface area contributed by atoms with Gasteiger partial charge in [-0.25, -0.2) is 4.79 Å². The molecule has 0 saturated heterocycles. The van der Waals surface area contributed by atoms with Gasteiger partial charge in [0.1, 0.15) is 6.10 Å². The first-order valence-electron chi connectivity index (χ1n) is 4.97. The van der Waals surface area contributed by atoms with E-state index in [-0.39, 0.29) is 18.6 Å². The van der Waals surface area contributed by atoms with Crippen molar-refractivity contribution in [3.63, 3.8) is 0 Å². The van der Waals surface area contributed by atoms with Crippen molar-refractivity contribution in [1.29, 1.82) is 0 Å². The molecule has 2 unspecified atom stereocenters. The average Bonchev–Trinajstić information content (AvgIpc) is 2.28. The molecule has 6 heteroatoms. The van der Waals surface area contributed by atoms with Crippen LogP contribution in [0.2, 0.25) is 0 Å². The van der Waals surface area contributed by atoms with Crippen molar-refractivity contribution in [2.75, 3.05) is 6.61 Å². The Kier molecular flexibility index (Phi) is 5.07. The highest BCUT2D eigenvalue weighted by Crippen LogP contribution is 2.27. The second kappa shape index (κ2) is 6.11. The number of hydrogen-bond acceptors (Lipinski definition) is 4. The molecule has 0 aliphatic rings. The summed E-state index contributed by atoms with van der Waals surface area (Å²) in [5, 5.41) is 36.7. The van der Waals surface area contributed by atoms with E-state index in [4.69, 9.17) is 10.2 Å². The molecule has 4 N–H and O–H groups in total. The van der Waals surface area contributed by atoms with Crippen LogP contribution in [0, 0.1) is 0 Å². The molecule has 0 aliphatic carbocycles. The van der Waals surface area contributed by atoms with Gasteiger partial charge >= 0.3 is 5.97 Å². The lowest BCUT2D eigenvalue weighted by Crippen LogP contribution is -2.20. The van der Waals surface area contributed by atoms with Gasteiger partial charge in [-0.2, -0.15) is 0 Å². The molecule has 0 spiro atoms. The predicted molar refractivity (Wildman–Crippen MR) is 63.8 cm³/mol. The van der Waals surface area contributed by atoms with Crippen molar-refractivity contribution < 1.29 is 25.2 Å². The van der Waals surface area contributed by atoms with E-state index in [1.807, 2.05) is 0 Å². The Bertz CT molecular complexity index is 407. The fraction of sp³-hybridized carbons (Fsp3) is 0.364. The second-order valence-corrected chi connectivity index (χ2v) is 4.42. The minimum atomic E-state index is -1.17. The number of hydrogen-bond donors (Lipinski definition) is 4. The summed E-state index contributed by atoms with van der Waals surface area (Å²) in [6, 6.07) is 4.13. The monoisotopic (exact) mass is 304 g/mol. The molecule has 0 bridgehead atoms. The summed E-state index contributed by atoms with van der Waals surface area (Å²) < 4.78 is 0.405. The molecule has 1 aromatic rings. The average molecular weight is 305 g/mol. The Morgan fingerprint density at radius 2 is 2.00 bits per heavy atom. The quantitative estimate of drug-likeness (QED) is 0.648. The number of carboxylic acids is 1. The molecule has 0 amide bonds. The zero-order chi connectivity index (χ0) is 13.0. The highest BCUT2D eigenvalue weighted by atomic mass is 79.9. The smallest absolute Gasteiger partial charge is 0.335 e. The van der Waals surface area contributed by atoms with Crippen LogP contribution in [0.3, 0.4) is 0 Å². The van der Waals surface area contributed by atoms with Gasteiger partial charge in [0.05, 0.1) is 11.7 Å². The van der Waals surface area contributed by atoms with Crippen LogP contribution in [0.4, 0.5) is 0 Å². The number of aliphatic hydroxyl groups is 3. The molecular formula is C11H13BrO5. The lowest BCUT2D eigenvalue weighted by molar-refractivity contribution is 0.00383. The Morgan fingerprint density at radius 1 is 1.35 bits per heavy atom. The van der Waals surface area contributed by atoms with E-state index in [9.17, 15) is 15.0 Å². The van der Waals surface area contributed by atoms with Gasteiger partial charge in [0.2, 0.25) is 0 Å². The van der Waals surface area contributed by atoms with E-state index in [1.54, 1.807) is 0 Å². The molecule has 17 heavy (non-hydrogen) atoms. The van der Waals surface area contributed by atoms with E-state index in [0.29, 0.717) is 10.0 Å². The second-order valence-electron chi connectivity index (χ2n) is 3.57.